The molecule has 0 radical (unpaired) electrons. The minimum absolute atomic E-state index is 1.10. The largest absolute Gasteiger partial charge is 0.323 e. The molecule has 1 nitrogen and oxygen atoms in total. The quantitative estimate of drug-likeness (QED) is 0.645. The lowest BCUT2D eigenvalue weighted by Crippen LogP contribution is -2.42. The second-order valence-corrected chi connectivity index (χ2v) is 4.36. The third kappa shape index (κ3) is 3.21. The van der Waals surface area contributed by atoms with Crippen molar-refractivity contribution >= 4 is 6.08 Å². The summed E-state index contributed by atoms with van der Waals surface area (Å²) in [5.41, 5.74) is 2.62. The molecule has 0 heterocycles. The summed E-state index contributed by atoms with van der Waals surface area (Å²) in [4.78, 5) is 0. The van der Waals surface area contributed by atoms with E-state index in [0.717, 1.165) is 11.0 Å². The van der Waals surface area contributed by atoms with Gasteiger partial charge in [-0.3, -0.25) is 0 Å². The minimum atomic E-state index is 1.10. The van der Waals surface area contributed by atoms with Crippen LogP contribution in [0.4, 0.5) is 0 Å². The van der Waals surface area contributed by atoms with Crippen molar-refractivity contribution in [3.63, 3.8) is 0 Å². The maximum absolute atomic E-state index is 3.80. The van der Waals surface area contributed by atoms with Gasteiger partial charge in [-0.1, -0.05) is 30.9 Å². The molecular formula is C14H22N+. The molecule has 0 bridgehead atoms. The molecule has 0 aliphatic rings. The molecule has 0 aliphatic carbocycles. The van der Waals surface area contributed by atoms with Gasteiger partial charge in [0.1, 0.15) is 6.54 Å². The first kappa shape index (κ1) is 12.0. The van der Waals surface area contributed by atoms with Gasteiger partial charge in [0, 0.05) is 5.56 Å². The van der Waals surface area contributed by atoms with E-state index >= 15 is 0 Å². The van der Waals surface area contributed by atoms with E-state index in [1.165, 1.54) is 24.2 Å². The van der Waals surface area contributed by atoms with Crippen LogP contribution >= 0.6 is 0 Å². The third-order valence-electron chi connectivity index (χ3n) is 3.28. The highest BCUT2D eigenvalue weighted by molar-refractivity contribution is 5.47. The van der Waals surface area contributed by atoms with Crippen molar-refractivity contribution in [3.05, 3.63) is 42.0 Å². The van der Waals surface area contributed by atoms with Crippen LogP contribution in [0.15, 0.2) is 30.8 Å². The van der Waals surface area contributed by atoms with Crippen molar-refractivity contribution < 1.29 is 4.48 Å². The Morgan fingerprint density at radius 1 is 1.27 bits per heavy atom. The first-order valence-electron chi connectivity index (χ1n) is 5.68. The molecular weight excluding hydrogens is 182 g/mol. The fourth-order valence-electron chi connectivity index (χ4n) is 1.71. The summed E-state index contributed by atoms with van der Waals surface area (Å²) in [5, 5.41) is 0. The van der Waals surface area contributed by atoms with Gasteiger partial charge < -0.3 is 4.48 Å². The highest BCUT2D eigenvalue weighted by atomic mass is 15.3. The lowest BCUT2D eigenvalue weighted by Gasteiger charge is -2.32. The normalized spacial score (nSPS) is 11.4. The van der Waals surface area contributed by atoms with E-state index in [1.54, 1.807) is 0 Å². The summed E-state index contributed by atoms with van der Waals surface area (Å²) >= 11 is 0. The second kappa shape index (κ2) is 5.13. The molecule has 0 amide bonds. The molecule has 0 N–H and O–H groups in total. The average Bonchev–Trinajstić information content (AvgIpc) is 2.29. The van der Waals surface area contributed by atoms with Gasteiger partial charge in [-0.15, -0.1) is 0 Å². The summed E-state index contributed by atoms with van der Waals surface area (Å²) in [6.45, 7) is 11.8. The Hall–Kier alpha value is -1.08. The van der Waals surface area contributed by atoms with Gasteiger partial charge in [0.15, 0.2) is 0 Å². The summed E-state index contributed by atoms with van der Waals surface area (Å²) in [5.74, 6) is 0. The van der Waals surface area contributed by atoms with Crippen LogP contribution < -0.4 is 0 Å². The molecule has 1 aromatic rings. The molecule has 0 fully saturated rings. The predicted octanol–water partition coefficient (Wildman–Crippen LogP) is 3.32. The Kier molecular flexibility index (Phi) is 4.10. The number of benzene rings is 1. The van der Waals surface area contributed by atoms with Crippen molar-refractivity contribution in [1.29, 1.82) is 0 Å². The maximum atomic E-state index is 3.80. The van der Waals surface area contributed by atoms with Crippen LogP contribution in [-0.4, -0.2) is 24.6 Å². The van der Waals surface area contributed by atoms with Crippen LogP contribution in [0.1, 0.15) is 25.0 Å². The minimum Gasteiger partial charge on any atom is -0.323 e. The van der Waals surface area contributed by atoms with E-state index in [-0.39, 0.29) is 0 Å². The summed E-state index contributed by atoms with van der Waals surface area (Å²) in [6.07, 6.45) is 1.91. The highest BCUT2D eigenvalue weighted by Gasteiger charge is 2.16. The first-order valence-corrected chi connectivity index (χ1v) is 5.68. The zero-order chi connectivity index (χ0) is 11.3. The van der Waals surface area contributed by atoms with Crippen molar-refractivity contribution in [1.82, 2.24) is 0 Å². The molecule has 15 heavy (non-hydrogen) atoms. The number of hydrogen-bond donors (Lipinski definition) is 0. The van der Waals surface area contributed by atoms with E-state index in [2.05, 4.69) is 51.7 Å². The second-order valence-electron chi connectivity index (χ2n) is 4.36. The summed E-state index contributed by atoms with van der Waals surface area (Å²) in [6, 6.07) is 8.64. The van der Waals surface area contributed by atoms with E-state index < -0.39 is 0 Å². The molecule has 1 rings (SSSR count). The Morgan fingerprint density at radius 2 is 1.93 bits per heavy atom. The van der Waals surface area contributed by atoms with Gasteiger partial charge in [-0.2, -0.15) is 0 Å². The van der Waals surface area contributed by atoms with Crippen LogP contribution in [0.3, 0.4) is 0 Å². The van der Waals surface area contributed by atoms with Gasteiger partial charge in [0.05, 0.1) is 20.1 Å². The SMILES string of the molecule is C=Cc1cccc(C[N+](C)(CC)CC)c1. The average molecular weight is 204 g/mol. The van der Waals surface area contributed by atoms with Crippen LogP contribution in [0.5, 0.6) is 0 Å². The van der Waals surface area contributed by atoms with Gasteiger partial charge in [0.25, 0.3) is 0 Å². The van der Waals surface area contributed by atoms with Gasteiger partial charge in [-0.25, -0.2) is 0 Å². The lowest BCUT2D eigenvalue weighted by molar-refractivity contribution is -0.919. The van der Waals surface area contributed by atoms with Crippen LogP contribution in [0.25, 0.3) is 6.08 Å². The predicted molar refractivity (Wildman–Crippen MR) is 67.5 cm³/mol. The third-order valence-corrected chi connectivity index (χ3v) is 3.28. The van der Waals surface area contributed by atoms with Crippen LogP contribution in [0, 0.1) is 0 Å². The Balaban J connectivity index is 2.83. The van der Waals surface area contributed by atoms with E-state index in [0.29, 0.717) is 0 Å². The molecule has 0 saturated carbocycles. The first-order chi connectivity index (χ1) is 7.13. The molecule has 1 aromatic carbocycles. The lowest BCUT2D eigenvalue weighted by atomic mass is 10.1. The number of hydrogen-bond acceptors (Lipinski definition) is 0. The van der Waals surface area contributed by atoms with E-state index in [1.807, 2.05) is 6.08 Å². The summed E-state index contributed by atoms with van der Waals surface area (Å²) < 4.78 is 1.10. The Bertz CT molecular complexity index is 324. The van der Waals surface area contributed by atoms with Crippen molar-refractivity contribution in [2.75, 3.05) is 20.1 Å². The molecule has 0 aliphatic heterocycles. The number of nitrogens with zero attached hydrogens (tertiary/aromatic N) is 1. The molecule has 0 aromatic heterocycles. The van der Waals surface area contributed by atoms with Gasteiger partial charge in [0.2, 0.25) is 0 Å². The standard InChI is InChI=1S/C14H22N/c1-5-13-9-8-10-14(11-13)12-15(4,6-2)7-3/h5,8-11H,1,6-7,12H2,2-4H3/q+1. The van der Waals surface area contributed by atoms with E-state index in [9.17, 15) is 0 Å². The topological polar surface area (TPSA) is 0 Å². The van der Waals surface area contributed by atoms with Crippen LogP contribution in [-0.2, 0) is 6.54 Å². The zero-order valence-electron chi connectivity index (χ0n) is 10.2. The van der Waals surface area contributed by atoms with Crippen molar-refractivity contribution in [3.8, 4) is 0 Å². The summed E-state index contributed by atoms with van der Waals surface area (Å²) in [7, 11) is 2.31. The number of rotatable bonds is 5. The Morgan fingerprint density at radius 3 is 2.47 bits per heavy atom. The maximum Gasteiger partial charge on any atom is 0.104 e. The zero-order valence-corrected chi connectivity index (χ0v) is 10.2. The van der Waals surface area contributed by atoms with E-state index in [4.69, 9.17) is 0 Å². The molecule has 0 saturated heterocycles. The monoisotopic (exact) mass is 204 g/mol. The van der Waals surface area contributed by atoms with Gasteiger partial charge in [-0.05, 0) is 25.5 Å². The van der Waals surface area contributed by atoms with Crippen molar-refractivity contribution in [2.24, 2.45) is 0 Å². The Labute approximate surface area is 93.6 Å². The van der Waals surface area contributed by atoms with Crippen molar-refractivity contribution in [2.45, 2.75) is 20.4 Å². The molecule has 0 atom stereocenters. The van der Waals surface area contributed by atoms with Gasteiger partial charge >= 0.3 is 0 Å². The highest BCUT2D eigenvalue weighted by Crippen LogP contribution is 2.13. The fourth-order valence-corrected chi connectivity index (χ4v) is 1.71. The number of quaternary nitrogens is 1. The molecule has 82 valence electrons. The fraction of sp³-hybridized carbons (Fsp3) is 0.429. The molecule has 0 unspecified atom stereocenters. The molecule has 1 heteroatoms. The smallest absolute Gasteiger partial charge is 0.104 e. The van der Waals surface area contributed by atoms with Crippen LogP contribution in [0.2, 0.25) is 0 Å². The molecule has 0 spiro atoms.